The fourth-order valence-corrected chi connectivity index (χ4v) is 9.65. The Bertz CT molecular complexity index is 3440. The minimum Gasteiger partial charge on any atom is -0.456 e. The number of nitrogens with zero attached hydrogens (tertiary/aromatic N) is 1. The van der Waals surface area contributed by atoms with E-state index in [0.29, 0.717) is 0 Å². The van der Waals surface area contributed by atoms with E-state index in [1.165, 1.54) is 38.6 Å². The second-order valence-corrected chi connectivity index (χ2v) is 16.1. The number of hydrogen-bond donors (Lipinski definition) is 0. The van der Waals surface area contributed by atoms with Gasteiger partial charge in [0.25, 0.3) is 0 Å². The largest absolute Gasteiger partial charge is 0.456 e. The molecular weight excluding hydrogens is 707 g/mol. The lowest BCUT2D eigenvalue weighted by molar-refractivity contribution is 0.660. The Morgan fingerprint density at radius 1 is 0.414 bits per heavy atom. The highest BCUT2D eigenvalue weighted by molar-refractivity contribution is 6.24. The molecule has 9 aromatic carbocycles. The van der Waals surface area contributed by atoms with Crippen LogP contribution < -0.4 is 4.90 Å². The first-order valence-electron chi connectivity index (χ1n) is 20.0. The van der Waals surface area contributed by atoms with Crippen LogP contribution in [0.2, 0.25) is 0 Å². The van der Waals surface area contributed by atoms with Gasteiger partial charge in [-0.25, -0.2) is 0 Å². The van der Waals surface area contributed by atoms with E-state index in [-0.39, 0.29) is 5.41 Å². The molecule has 0 saturated carbocycles. The topological polar surface area (TPSA) is 29.5 Å². The van der Waals surface area contributed by atoms with Gasteiger partial charge in [0.2, 0.25) is 0 Å². The summed E-state index contributed by atoms with van der Waals surface area (Å²) in [5.74, 6) is 0. The van der Waals surface area contributed by atoms with Crippen LogP contribution in [0.25, 0.3) is 88.0 Å². The van der Waals surface area contributed by atoms with Crippen LogP contribution in [0, 0.1) is 0 Å². The van der Waals surface area contributed by atoms with E-state index in [4.69, 9.17) is 8.83 Å². The Morgan fingerprint density at radius 2 is 1.10 bits per heavy atom. The molecule has 2 aromatic heterocycles. The zero-order valence-electron chi connectivity index (χ0n) is 32.2. The Hall–Kier alpha value is -7.36. The first kappa shape index (κ1) is 32.8. The predicted molar refractivity (Wildman–Crippen MR) is 242 cm³/mol. The molecule has 2 heterocycles. The SMILES string of the molecule is CC1(C)c2ccccc2-c2ccc(N(c3ccc4oc5c(-c6ccc7ccccc7c6)c6c(cc5c4c3)oc3ccccc36)c3ccccc3-c3ccccc3)cc21. The van der Waals surface area contributed by atoms with Crippen LogP contribution >= 0.6 is 0 Å². The average Bonchev–Trinajstić information content (AvgIpc) is 3.90. The number of hydrogen-bond acceptors (Lipinski definition) is 3. The van der Waals surface area contributed by atoms with Crippen LogP contribution in [-0.4, -0.2) is 0 Å². The molecule has 0 N–H and O–H groups in total. The highest BCUT2D eigenvalue weighted by Gasteiger charge is 2.36. The van der Waals surface area contributed by atoms with Crippen LogP contribution in [0.3, 0.4) is 0 Å². The van der Waals surface area contributed by atoms with Gasteiger partial charge >= 0.3 is 0 Å². The highest BCUT2D eigenvalue weighted by atomic mass is 16.3. The summed E-state index contributed by atoms with van der Waals surface area (Å²) in [6, 6.07) is 67.6. The number of para-hydroxylation sites is 2. The normalized spacial score (nSPS) is 13.1. The van der Waals surface area contributed by atoms with Crippen molar-refractivity contribution < 1.29 is 8.83 Å². The Morgan fingerprint density at radius 3 is 2.00 bits per heavy atom. The van der Waals surface area contributed by atoms with Gasteiger partial charge in [-0.1, -0.05) is 147 Å². The van der Waals surface area contributed by atoms with E-state index in [9.17, 15) is 0 Å². The van der Waals surface area contributed by atoms with E-state index in [0.717, 1.165) is 77.6 Å². The molecular formula is C55H37NO2. The zero-order valence-corrected chi connectivity index (χ0v) is 32.2. The molecule has 0 amide bonds. The minimum absolute atomic E-state index is 0.144. The molecule has 0 radical (unpaired) electrons. The molecule has 274 valence electrons. The fourth-order valence-electron chi connectivity index (χ4n) is 9.65. The van der Waals surface area contributed by atoms with Crippen molar-refractivity contribution in [2.45, 2.75) is 19.3 Å². The number of benzene rings is 9. The van der Waals surface area contributed by atoms with Crippen molar-refractivity contribution >= 4 is 71.7 Å². The van der Waals surface area contributed by atoms with Gasteiger partial charge in [-0.2, -0.15) is 0 Å². The van der Waals surface area contributed by atoms with E-state index in [2.05, 4.69) is 201 Å². The summed E-state index contributed by atoms with van der Waals surface area (Å²) in [6.45, 7) is 4.69. The Kier molecular flexibility index (Phi) is 6.98. The summed E-state index contributed by atoms with van der Waals surface area (Å²) in [7, 11) is 0. The van der Waals surface area contributed by atoms with Crippen molar-refractivity contribution in [2.24, 2.45) is 0 Å². The van der Waals surface area contributed by atoms with Crippen molar-refractivity contribution in [2.75, 3.05) is 4.90 Å². The van der Waals surface area contributed by atoms with Crippen LogP contribution in [0.5, 0.6) is 0 Å². The van der Waals surface area contributed by atoms with Gasteiger partial charge in [-0.3, -0.25) is 0 Å². The molecule has 12 rings (SSSR count). The third-order valence-corrected chi connectivity index (χ3v) is 12.4. The summed E-state index contributed by atoms with van der Waals surface area (Å²) in [4.78, 5) is 2.42. The molecule has 0 unspecified atom stereocenters. The predicted octanol–water partition coefficient (Wildman–Crippen LogP) is 15.7. The van der Waals surface area contributed by atoms with Gasteiger partial charge in [-0.05, 0) is 98.8 Å². The molecule has 11 aromatic rings. The number of fused-ring (bicyclic) bond motifs is 10. The van der Waals surface area contributed by atoms with Gasteiger partial charge < -0.3 is 13.7 Å². The maximum Gasteiger partial charge on any atom is 0.144 e. The molecule has 0 saturated heterocycles. The third-order valence-electron chi connectivity index (χ3n) is 12.4. The van der Waals surface area contributed by atoms with Crippen molar-refractivity contribution in [3.63, 3.8) is 0 Å². The molecule has 1 aliphatic rings. The van der Waals surface area contributed by atoms with E-state index in [1.54, 1.807) is 0 Å². The smallest absolute Gasteiger partial charge is 0.144 e. The van der Waals surface area contributed by atoms with Crippen LogP contribution in [0.4, 0.5) is 17.1 Å². The summed E-state index contributed by atoms with van der Waals surface area (Å²) in [6.07, 6.45) is 0. The quantitative estimate of drug-likeness (QED) is 0.176. The van der Waals surface area contributed by atoms with Gasteiger partial charge in [0.05, 0.1) is 5.69 Å². The van der Waals surface area contributed by atoms with E-state index in [1.807, 2.05) is 6.07 Å². The average molecular weight is 744 g/mol. The third kappa shape index (κ3) is 4.80. The maximum atomic E-state index is 6.98. The Balaban J connectivity index is 1.12. The lowest BCUT2D eigenvalue weighted by atomic mass is 9.82. The molecule has 3 heteroatoms. The summed E-state index contributed by atoms with van der Waals surface area (Å²) in [5, 5.41) is 6.59. The van der Waals surface area contributed by atoms with Gasteiger partial charge in [0, 0.05) is 49.5 Å². The molecule has 0 fully saturated rings. The highest BCUT2D eigenvalue weighted by Crippen LogP contribution is 2.52. The summed E-state index contributed by atoms with van der Waals surface area (Å²) in [5.41, 5.74) is 16.3. The summed E-state index contributed by atoms with van der Waals surface area (Å²) < 4.78 is 13.6. The zero-order chi connectivity index (χ0) is 38.5. The van der Waals surface area contributed by atoms with Crippen molar-refractivity contribution in [1.82, 2.24) is 0 Å². The molecule has 3 nitrogen and oxygen atoms in total. The standard InChI is InChI=1S/C55H37NO2/c1-55(2)46-21-11-8-19-41(46)42-28-26-39(32-47(42)55)56(48-22-12-9-18-40(48)35-15-4-3-5-16-35)38-27-29-50-44(31-38)45-33-51-53(43-20-10-13-23-49(43)57-51)52(54(45)58-50)37-25-24-34-14-6-7-17-36(34)30-37/h3-33H,1-2H3. The number of furan rings is 2. The first-order chi connectivity index (χ1) is 28.5. The maximum absolute atomic E-state index is 6.98. The van der Waals surface area contributed by atoms with Crippen LogP contribution in [0.15, 0.2) is 197 Å². The number of anilines is 3. The lowest BCUT2D eigenvalue weighted by Gasteiger charge is -2.30. The molecule has 58 heavy (non-hydrogen) atoms. The second-order valence-electron chi connectivity index (χ2n) is 16.1. The number of rotatable bonds is 5. The minimum atomic E-state index is -0.144. The summed E-state index contributed by atoms with van der Waals surface area (Å²) >= 11 is 0. The second kappa shape index (κ2) is 12.3. The lowest BCUT2D eigenvalue weighted by Crippen LogP contribution is -2.16. The molecule has 0 aliphatic heterocycles. The fraction of sp³-hybridized carbons (Fsp3) is 0.0545. The van der Waals surface area contributed by atoms with Crippen molar-refractivity contribution in [1.29, 1.82) is 0 Å². The molecule has 1 aliphatic carbocycles. The van der Waals surface area contributed by atoms with Gasteiger partial charge in [0.1, 0.15) is 22.3 Å². The van der Waals surface area contributed by atoms with E-state index >= 15 is 0 Å². The van der Waals surface area contributed by atoms with Gasteiger partial charge in [-0.15, -0.1) is 0 Å². The van der Waals surface area contributed by atoms with E-state index < -0.39 is 0 Å². The van der Waals surface area contributed by atoms with Crippen LogP contribution in [-0.2, 0) is 5.41 Å². The first-order valence-corrected chi connectivity index (χ1v) is 20.0. The van der Waals surface area contributed by atoms with Crippen LogP contribution in [0.1, 0.15) is 25.0 Å². The van der Waals surface area contributed by atoms with Crippen molar-refractivity contribution in [3.8, 4) is 33.4 Å². The molecule has 0 atom stereocenters. The van der Waals surface area contributed by atoms with Gasteiger partial charge in [0.15, 0.2) is 0 Å². The van der Waals surface area contributed by atoms with Crippen molar-refractivity contribution in [3.05, 3.63) is 199 Å². The molecule has 0 bridgehead atoms. The monoisotopic (exact) mass is 743 g/mol. The Labute approximate surface area is 336 Å². The molecule has 0 spiro atoms.